The molecular weight excluding hydrogens is 330 g/mol. The van der Waals surface area contributed by atoms with Crippen LogP contribution in [0, 0.1) is 17.3 Å². The van der Waals surface area contributed by atoms with Crippen molar-refractivity contribution >= 4 is 17.9 Å². The Kier molecular flexibility index (Phi) is 4.35. The maximum absolute atomic E-state index is 12.2. The molecule has 4 aliphatic rings. The maximum atomic E-state index is 12.2. The smallest absolute Gasteiger partial charge is 0.322 e. The molecule has 7 nitrogen and oxygen atoms in total. The van der Waals surface area contributed by atoms with Gasteiger partial charge in [0.25, 0.3) is 5.91 Å². The quantitative estimate of drug-likeness (QED) is 0.402. The Balaban J connectivity index is 1.32. The minimum atomic E-state index is -0.776. The third kappa shape index (κ3) is 2.95. The van der Waals surface area contributed by atoms with E-state index in [4.69, 9.17) is 0 Å². The predicted molar refractivity (Wildman–Crippen MR) is 99.7 cm³/mol. The van der Waals surface area contributed by atoms with Crippen LogP contribution in [0.25, 0.3) is 0 Å². The van der Waals surface area contributed by atoms with Gasteiger partial charge in [0, 0.05) is 26.7 Å². The van der Waals surface area contributed by atoms with Crippen LogP contribution in [0.4, 0.5) is 4.79 Å². The highest BCUT2D eigenvalue weighted by molar-refractivity contribution is 6.07. The van der Waals surface area contributed by atoms with Gasteiger partial charge in [-0.05, 0) is 62.7 Å². The van der Waals surface area contributed by atoms with Crippen LogP contribution in [-0.4, -0.2) is 55.0 Å². The first kappa shape index (κ1) is 17.6. The second-order valence-electron chi connectivity index (χ2n) is 8.76. The van der Waals surface area contributed by atoms with E-state index in [0.29, 0.717) is 5.41 Å². The molecule has 0 aromatic rings. The number of urea groups is 1. The molecule has 2 aliphatic heterocycles. The molecule has 4 rings (SSSR count). The van der Waals surface area contributed by atoms with E-state index in [2.05, 4.69) is 25.8 Å². The van der Waals surface area contributed by atoms with Crippen molar-refractivity contribution in [3.8, 4) is 0 Å². The monoisotopic (exact) mass is 361 g/mol. The summed E-state index contributed by atoms with van der Waals surface area (Å²) in [6.07, 6.45) is 8.63. The van der Waals surface area contributed by atoms with Gasteiger partial charge < -0.3 is 15.5 Å². The van der Waals surface area contributed by atoms with Gasteiger partial charge in [-0.25, -0.2) is 4.79 Å². The summed E-state index contributed by atoms with van der Waals surface area (Å²) in [5, 5.41) is 8.84. The van der Waals surface area contributed by atoms with Crippen molar-refractivity contribution in [2.45, 2.75) is 57.4 Å². The number of carbonyl (C=O) groups excluding carboxylic acids is 2. The Morgan fingerprint density at radius 2 is 1.88 bits per heavy atom. The highest BCUT2D eigenvalue weighted by atomic mass is 16.2. The van der Waals surface area contributed by atoms with Gasteiger partial charge in [0.2, 0.25) is 0 Å². The molecule has 1 unspecified atom stereocenters. The van der Waals surface area contributed by atoms with E-state index >= 15 is 0 Å². The largest absolute Gasteiger partial charge is 0.356 e. The van der Waals surface area contributed by atoms with Crippen LogP contribution >= 0.6 is 0 Å². The number of hydrogen-bond acceptors (Lipinski definition) is 3. The Morgan fingerprint density at radius 1 is 1.19 bits per heavy atom. The third-order valence-corrected chi connectivity index (χ3v) is 7.29. The number of imide groups is 1. The number of likely N-dealkylation sites (tertiary alicyclic amines) is 1. The fourth-order valence-electron chi connectivity index (χ4n) is 5.16. The van der Waals surface area contributed by atoms with Gasteiger partial charge in [-0.3, -0.25) is 15.1 Å². The minimum absolute atomic E-state index is 0.160. The number of nitrogens with one attached hydrogen (secondary N) is 3. The molecule has 26 heavy (non-hydrogen) atoms. The molecule has 2 aliphatic carbocycles. The number of guanidine groups is 1. The second kappa shape index (κ2) is 6.43. The van der Waals surface area contributed by atoms with Crippen LogP contribution in [0.5, 0.6) is 0 Å². The summed E-state index contributed by atoms with van der Waals surface area (Å²) in [5.41, 5.74) is -0.254. The molecule has 0 radical (unpaired) electrons. The number of carbonyl (C=O) groups is 2. The molecular formula is C19H31N5O2. The van der Waals surface area contributed by atoms with Crippen LogP contribution in [0.15, 0.2) is 4.99 Å². The molecule has 2 saturated heterocycles. The first-order valence-electron chi connectivity index (χ1n) is 10.1. The average Bonchev–Trinajstić information content (AvgIpc) is 3.38. The SMILES string of the molecule is CN=C(NCC1(C2CC2)CCC1)N1CCC(C2(C)NC(=O)NC2=O)CC1. The molecule has 2 heterocycles. The lowest BCUT2D eigenvalue weighted by atomic mass is 9.65. The Bertz CT molecular complexity index is 617. The van der Waals surface area contributed by atoms with Crippen molar-refractivity contribution < 1.29 is 9.59 Å². The van der Waals surface area contributed by atoms with Crippen LogP contribution < -0.4 is 16.0 Å². The van der Waals surface area contributed by atoms with E-state index in [9.17, 15) is 9.59 Å². The van der Waals surface area contributed by atoms with E-state index in [1.165, 1.54) is 32.1 Å². The first-order chi connectivity index (χ1) is 12.5. The summed E-state index contributed by atoms with van der Waals surface area (Å²) >= 11 is 0. The Labute approximate surface area is 155 Å². The molecule has 1 atom stereocenters. The van der Waals surface area contributed by atoms with Crippen molar-refractivity contribution in [1.82, 2.24) is 20.9 Å². The molecule has 3 amide bonds. The molecule has 0 aromatic carbocycles. The van der Waals surface area contributed by atoms with Crippen LogP contribution in [0.2, 0.25) is 0 Å². The number of amides is 3. The van der Waals surface area contributed by atoms with E-state index < -0.39 is 5.54 Å². The lowest BCUT2D eigenvalue weighted by Crippen LogP contribution is -2.56. The van der Waals surface area contributed by atoms with E-state index in [1.807, 2.05) is 14.0 Å². The number of rotatable bonds is 4. The number of nitrogens with zero attached hydrogens (tertiary/aromatic N) is 2. The van der Waals surface area contributed by atoms with Gasteiger partial charge in [-0.2, -0.15) is 0 Å². The lowest BCUT2D eigenvalue weighted by molar-refractivity contribution is -0.125. The van der Waals surface area contributed by atoms with Gasteiger partial charge >= 0.3 is 6.03 Å². The van der Waals surface area contributed by atoms with Crippen LogP contribution in [0.3, 0.4) is 0 Å². The first-order valence-corrected chi connectivity index (χ1v) is 10.1. The standard InChI is InChI=1S/C19H31N5O2/c1-18(15(25)22-17(26)23-18)13-6-10-24(11-7-13)16(20-2)21-12-19(8-3-9-19)14-4-5-14/h13-14H,3-12H2,1-2H3,(H,20,21)(H2,22,23,25,26). The minimum Gasteiger partial charge on any atom is -0.356 e. The second-order valence-corrected chi connectivity index (χ2v) is 8.76. The van der Waals surface area contributed by atoms with Gasteiger partial charge in [-0.15, -0.1) is 0 Å². The number of piperidine rings is 1. The van der Waals surface area contributed by atoms with Gasteiger partial charge in [0.15, 0.2) is 5.96 Å². The molecule has 144 valence electrons. The highest BCUT2D eigenvalue weighted by Crippen LogP contribution is 2.56. The van der Waals surface area contributed by atoms with Gasteiger partial charge in [0.1, 0.15) is 5.54 Å². The van der Waals surface area contributed by atoms with Crippen molar-refractivity contribution in [2.24, 2.45) is 22.2 Å². The van der Waals surface area contributed by atoms with Crippen molar-refractivity contribution in [3.05, 3.63) is 0 Å². The molecule has 0 spiro atoms. The van der Waals surface area contributed by atoms with E-state index in [1.54, 1.807) is 0 Å². The third-order valence-electron chi connectivity index (χ3n) is 7.29. The van der Waals surface area contributed by atoms with Gasteiger partial charge in [0.05, 0.1) is 0 Å². The average molecular weight is 361 g/mol. The number of hydrogen-bond donors (Lipinski definition) is 3. The topological polar surface area (TPSA) is 85.8 Å². The predicted octanol–water partition coefficient (Wildman–Crippen LogP) is 1.45. The summed E-state index contributed by atoms with van der Waals surface area (Å²) in [4.78, 5) is 30.5. The molecule has 7 heteroatoms. The van der Waals surface area contributed by atoms with E-state index in [0.717, 1.165) is 44.4 Å². The highest BCUT2D eigenvalue weighted by Gasteiger charge is 2.50. The molecule has 0 aromatic heterocycles. The fraction of sp³-hybridized carbons (Fsp3) is 0.842. The van der Waals surface area contributed by atoms with E-state index in [-0.39, 0.29) is 17.9 Å². The maximum Gasteiger partial charge on any atom is 0.322 e. The molecule has 2 saturated carbocycles. The summed E-state index contributed by atoms with van der Waals surface area (Å²) in [6, 6.07) is -0.372. The molecule has 0 bridgehead atoms. The van der Waals surface area contributed by atoms with Crippen LogP contribution in [0.1, 0.15) is 51.9 Å². The van der Waals surface area contributed by atoms with Crippen molar-refractivity contribution in [2.75, 3.05) is 26.7 Å². The summed E-state index contributed by atoms with van der Waals surface area (Å²) in [6.45, 7) is 4.61. The van der Waals surface area contributed by atoms with Crippen LogP contribution in [-0.2, 0) is 4.79 Å². The molecule has 3 N–H and O–H groups in total. The van der Waals surface area contributed by atoms with Gasteiger partial charge in [-0.1, -0.05) is 6.42 Å². The zero-order valence-corrected chi connectivity index (χ0v) is 15.9. The Morgan fingerprint density at radius 3 is 2.35 bits per heavy atom. The zero-order valence-electron chi connectivity index (χ0n) is 15.9. The summed E-state index contributed by atoms with van der Waals surface area (Å²) in [5.74, 6) is 1.88. The van der Waals surface area contributed by atoms with Crippen molar-refractivity contribution in [1.29, 1.82) is 0 Å². The number of aliphatic imine (C=N–C) groups is 1. The summed E-state index contributed by atoms with van der Waals surface area (Å²) in [7, 11) is 1.85. The zero-order chi connectivity index (χ0) is 18.4. The summed E-state index contributed by atoms with van der Waals surface area (Å²) < 4.78 is 0. The fourth-order valence-corrected chi connectivity index (χ4v) is 5.16. The van der Waals surface area contributed by atoms with Crippen molar-refractivity contribution in [3.63, 3.8) is 0 Å². The Hall–Kier alpha value is -1.79. The lowest BCUT2D eigenvalue weighted by Gasteiger charge is -2.44. The molecule has 4 fully saturated rings. The normalized spacial score (nSPS) is 32.1.